The summed E-state index contributed by atoms with van der Waals surface area (Å²) in [5.41, 5.74) is 0.587. The van der Waals surface area contributed by atoms with E-state index in [1.807, 2.05) is 6.07 Å². The highest BCUT2D eigenvalue weighted by Crippen LogP contribution is 2.29. The van der Waals surface area contributed by atoms with Gasteiger partial charge in [0.25, 0.3) is 5.91 Å². The lowest BCUT2D eigenvalue weighted by atomic mass is 10.2. The first kappa shape index (κ1) is 17.0. The Hall–Kier alpha value is -1.86. The molecule has 0 aliphatic carbocycles. The Balaban J connectivity index is 1.70. The summed E-state index contributed by atoms with van der Waals surface area (Å²) < 4.78 is 28.7. The van der Waals surface area contributed by atoms with E-state index in [4.69, 9.17) is 16.3 Å². The summed E-state index contributed by atoms with van der Waals surface area (Å²) in [7, 11) is -1.43. The van der Waals surface area contributed by atoms with Crippen molar-refractivity contribution in [3.8, 4) is 5.75 Å². The van der Waals surface area contributed by atoms with Crippen LogP contribution in [0.1, 0.15) is 6.42 Å². The van der Waals surface area contributed by atoms with Crippen molar-refractivity contribution in [1.82, 2.24) is 9.88 Å². The van der Waals surface area contributed by atoms with Crippen LogP contribution >= 0.6 is 11.6 Å². The van der Waals surface area contributed by atoms with Crippen LogP contribution in [0.25, 0.3) is 10.9 Å². The van der Waals surface area contributed by atoms with Crippen LogP contribution in [0.15, 0.2) is 30.5 Å². The average molecular weight is 369 g/mol. The van der Waals surface area contributed by atoms with E-state index in [0.717, 1.165) is 5.39 Å². The maximum Gasteiger partial charge on any atom is 0.260 e. The molecule has 128 valence electrons. The number of rotatable bonds is 4. The predicted octanol–water partition coefficient (Wildman–Crippen LogP) is 1.91. The van der Waals surface area contributed by atoms with Gasteiger partial charge < -0.3 is 9.64 Å². The first-order valence-electron chi connectivity index (χ1n) is 7.49. The van der Waals surface area contributed by atoms with E-state index < -0.39 is 9.84 Å². The number of halogens is 1. The number of aromatic nitrogens is 1. The molecule has 0 radical (unpaired) electrons. The van der Waals surface area contributed by atoms with Crippen molar-refractivity contribution in [2.24, 2.45) is 0 Å². The normalized spacial score (nSPS) is 19.3. The number of hydrogen-bond acceptors (Lipinski definition) is 5. The summed E-state index contributed by atoms with van der Waals surface area (Å²) in [4.78, 5) is 18.0. The number of ether oxygens (including phenoxy) is 1. The molecule has 8 heteroatoms. The minimum absolute atomic E-state index is 0.0146. The minimum Gasteiger partial charge on any atom is -0.481 e. The van der Waals surface area contributed by atoms with Gasteiger partial charge in [0.15, 0.2) is 16.4 Å². The molecule has 0 bridgehead atoms. The zero-order valence-corrected chi connectivity index (χ0v) is 14.7. The second-order valence-corrected chi connectivity index (χ2v) is 8.43. The number of hydrogen-bond donors (Lipinski definition) is 0. The van der Waals surface area contributed by atoms with Crippen LogP contribution in [-0.4, -0.2) is 55.4 Å². The van der Waals surface area contributed by atoms with Crippen molar-refractivity contribution in [2.45, 2.75) is 12.5 Å². The molecule has 2 aromatic rings. The number of nitrogens with zero attached hydrogens (tertiary/aromatic N) is 2. The summed E-state index contributed by atoms with van der Waals surface area (Å²) in [6, 6.07) is 6.68. The van der Waals surface area contributed by atoms with E-state index in [0.29, 0.717) is 22.7 Å². The van der Waals surface area contributed by atoms with Crippen molar-refractivity contribution in [1.29, 1.82) is 0 Å². The van der Waals surface area contributed by atoms with Crippen LogP contribution in [0.4, 0.5) is 0 Å². The maximum atomic E-state index is 12.3. The fourth-order valence-electron chi connectivity index (χ4n) is 2.75. The van der Waals surface area contributed by atoms with Gasteiger partial charge in [0.05, 0.1) is 16.5 Å². The van der Waals surface area contributed by atoms with Gasteiger partial charge in [0, 0.05) is 24.7 Å². The summed E-state index contributed by atoms with van der Waals surface area (Å²) in [6.07, 6.45) is 2.10. The first-order valence-corrected chi connectivity index (χ1v) is 9.69. The molecule has 1 aliphatic heterocycles. The summed E-state index contributed by atoms with van der Waals surface area (Å²) in [5.74, 6) is 0.342. The second kappa shape index (κ2) is 6.57. The van der Waals surface area contributed by atoms with Crippen LogP contribution in [0, 0.1) is 0 Å². The molecule has 1 saturated heterocycles. The monoisotopic (exact) mass is 368 g/mol. The van der Waals surface area contributed by atoms with Crippen molar-refractivity contribution < 1.29 is 17.9 Å². The van der Waals surface area contributed by atoms with E-state index in [1.54, 1.807) is 31.4 Å². The van der Waals surface area contributed by atoms with E-state index in [2.05, 4.69) is 4.98 Å². The molecule has 1 amide bonds. The lowest BCUT2D eigenvalue weighted by Crippen LogP contribution is -2.40. The number of fused-ring (bicyclic) bond motifs is 1. The Morgan fingerprint density at radius 3 is 2.92 bits per heavy atom. The quantitative estimate of drug-likeness (QED) is 0.824. The third-order valence-corrected chi connectivity index (χ3v) is 6.26. The smallest absolute Gasteiger partial charge is 0.260 e. The zero-order valence-electron chi connectivity index (χ0n) is 13.1. The number of benzene rings is 1. The molecule has 0 saturated carbocycles. The van der Waals surface area contributed by atoms with Crippen molar-refractivity contribution in [3.63, 3.8) is 0 Å². The zero-order chi connectivity index (χ0) is 17.3. The van der Waals surface area contributed by atoms with Gasteiger partial charge in [-0.2, -0.15) is 0 Å². The molecule has 1 aromatic carbocycles. The molecular formula is C16H17ClN2O4S. The fourth-order valence-corrected chi connectivity index (χ4v) is 4.74. The van der Waals surface area contributed by atoms with Gasteiger partial charge in [-0.3, -0.25) is 9.78 Å². The Kier molecular flexibility index (Phi) is 4.64. The molecule has 1 aromatic heterocycles. The van der Waals surface area contributed by atoms with Gasteiger partial charge in [-0.05, 0) is 30.7 Å². The van der Waals surface area contributed by atoms with Gasteiger partial charge >= 0.3 is 0 Å². The highest BCUT2D eigenvalue weighted by atomic mass is 35.5. The third kappa shape index (κ3) is 3.47. The highest BCUT2D eigenvalue weighted by Gasteiger charge is 2.32. The molecule has 1 aliphatic rings. The largest absolute Gasteiger partial charge is 0.481 e. The van der Waals surface area contributed by atoms with Crippen molar-refractivity contribution >= 4 is 38.2 Å². The molecule has 1 atom stereocenters. The number of pyridine rings is 1. The Morgan fingerprint density at radius 1 is 1.42 bits per heavy atom. The van der Waals surface area contributed by atoms with E-state index in [-0.39, 0.29) is 30.1 Å². The predicted molar refractivity (Wildman–Crippen MR) is 92.1 cm³/mol. The van der Waals surface area contributed by atoms with Gasteiger partial charge in [0.2, 0.25) is 0 Å². The van der Waals surface area contributed by atoms with E-state index >= 15 is 0 Å². The molecule has 0 N–H and O–H groups in total. The molecule has 1 fully saturated rings. The molecule has 6 nitrogen and oxygen atoms in total. The number of likely N-dealkylation sites (N-methyl/N-ethyl adjacent to an activating group) is 1. The number of amides is 1. The summed E-state index contributed by atoms with van der Waals surface area (Å²) >= 11 is 6.13. The highest BCUT2D eigenvalue weighted by molar-refractivity contribution is 7.91. The Labute approximate surface area is 145 Å². The van der Waals surface area contributed by atoms with Gasteiger partial charge in [-0.25, -0.2) is 8.42 Å². The topological polar surface area (TPSA) is 76.6 Å². The Morgan fingerprint density at radius 2 is 2.21 bits per heavy atom. The lowest BCUT2D eigenvalue weighted by Gasteiger charge is -2.23. The summed E-state index contributed by atoms with van der Waals surface area (Å²) in [6.45, 7) is -0.180. The number of sulfone groups is 1. The molecule has 0 unspecified atom stereocenters. The van der Waals surface area contributed by atoms with Crippen LogP contribution < -0.4 is 4.74 Å². The molecular weight excluding hydrogens is 352 g/mol. The average Bonchev–Trinajstić information content (AvgIpc) is 2.93. The molecule has 24 heavy (non-hydrogen) atoms. The molecule has 3 rings (SSSR count). The standard InChI is InChI=1S/C16H17ClN2O4S/c1-19(11-6-8-24(21,22)10-11)15(20)9-23-14-5-4-13(17)12-3-2-7-18-16(12)14/h2-5,7,11H,6,8-10H2,1H3/t11-/m0/s1. The van der Waals surface area contributed by atoms with E-state index in [9.17, 15) is 13.2 Å². The van der Waals surface area contributed by atoms with Crippen LogP contribution in [0.5, 0.6) is 5.75 Å². The first-order chi connectivity index (χ1) is 11.4. The molecule has 0 spiro atoms. The van der Waals surface area contributed by atoms with Crippen LogP contribution in [-0.2, 0) is 14.6 Å². The second-order valence-electron chi connectivity index (χ2n) is 5.80. The number of carbonyl (C=O) groups excluding carboxylic acids is 1. The lowest BCUT2D eigenvalue weighted by molar-refractivity contribution is -0.133. The SMILES string of the molecule is CN(C(=O)COc1ccc(Cl)c2cccnc12)[C@H]1CCS(=O)(=O)C1. The fraction of sp³-hybridized carbons (Fsp3) is 0.375. The number of carbonyl (C=O) groups is 1. The van der Waals surface area contributed by atoms with Crippen LogP contribution in [0.3, 0.4) is 0 Å². The Bertz CT molecular complexity index is 885. The van der Waals surface area contributed by atoms with Crippen LogP contribution in [0.2, 0.25) is 5.02 Å². The maximum absolute atomic E-state index is 12.3. The van der Waals surface area contributed by atoms with Gasteiger partial charge in [-0.15, -0.1) is 0 Å². The molecule has 2 heterocycles. The van der Waals surface area contributed by atoms with Crippen molar-refractivity contribution in [3.05, 3.63) is 35.5 Å². The van der Waals surface area contributed by atoms with Gasteiger partial charge in [0.1, 0.15) is 11.3 Å². The minimum atomic E-state index is -3.03. The third-order valence-electron chi connectivity index (χ3n) is 4.18. The summed E-state index contributed by atoms with van der Waals surface area (Å²) in [5, 5.41) is 1.31. The van der Waals surface area contributed by atoms with Crippen molar-refractivity contribution in [2.75, 3.05) is 25.2 Å². The van der Waals surface area contributed by atoms with Gasteiger partial charge in [-0.1, -0.05) is 11.6 Å². The van der Waals surface area contributed by atoms with E-state index in [1.165, 1.54) is 4.90 Å².